The molecule has 1 aliphatic heterocycles. The second kappa shape index (κ2) is 6.03. The number of carboxylic acid groups (broad SMARTS) is 1. The maximum Gasteiger partial charge on any atom is 0.305 e. The summed E-state index contributed by atoms with van der Waals surface area (Å²) in [5, 5.41) is 11.9. The van der Waals surface area contributed by atoms with Crippen LogP contribution in [0.2, 0.25) is 0 Å². The van der Waals surface area contributed by atoms with Crippen molar-refractivity contribution in [1.82, 2.24) is 5.32 Å². The molecule has 0 radical (unpaired) electrons. The zero-order valence-electron chi connectivity index (χ0n) is 12.1. The van der Waals surface area contributed by atoms with Crippen molar-refractivity contribution in [2.45, 2.75) is 38.6 Å². The number of carbonyl (C=O) groups is 2. The van der Waals surface area contributed by atoms with Crippen LogP contribution < -0.4 is 14.8 Å². The molecule has 6 nitrogen and oxygen atoms in total. The Morgan fingerprint density at radius 2 is 2.00 bits per heavy atom. The van der Waals surface area contributed by atoms with E-state index in [0.29, 0.717) is 29.9 Å². The maximum absolute atomic E-state index is 12.5. The third-order valence-electron chi connectivity index (χ3n) is 3.86. The minimum absolute atomic E-state index is 0.0848. The van der Waals surface area contributed by atoms with Crippen LogP contribution in [0.15, 0.2) is 18.2 Å². The number of carboxylic acids is 1. The number of para-hydroxylation sites is 1. The van der Waals surface area contributed by atoms with Gasteiger partial charge >= 0.3 is 5.97 Å². The van der Waals surface area contributed by atoms with Crippen LogP contribution in [0.4, 0.5) is 0 Å². The highest BCUT2D eigenvalue weighted by Crippen LogP contribution is 2.35. The molecule has 0 aliphatic carbocycles. The normalized spacial score (nSPS) is 13.0. The van der Waals surface area contributed by atoms with Crippen molar-refractivity contribution < 1.29 is 24.2 Å². The Bertz CT molecular complexity index is 551. The lowest BCUT2D eigenvalue weighted by Crippen LogP contribution is -2.49. The topological polar surface area (TPSA) is 84.9 Å². The Balaban J connectivity index is 2.24. The minimum Gasteiger partial charge on any atom is -0.481 e. The molecule has 0 aromatic heterocycles. The van der Waals surface area contributed by atoms with Crippen molar-refractivity contribution in [2.75, 3.05) is 6.79 Å². The first-order valence-corrected chi connectivity index (χ1v) is 6.94. The number of hydrogen-bond acceptors (Lipinski definition) is 4. The van der Waals surface area contributed by atoms with Crippen molar-refractivity contribution in [1.29, 1.82) is 0 Å². The van der Waals surface area contributed by atoms with Crippen LogP contribution in [-0.2, 0) is 4.79 Å². The second-order valence-electron chi connectivity index (χ2n) is 5.05. The number of aliphatic carboxylic acids is 1. The summed E-state index contributed by atoms with van der Waals surface area (Å²) in [6.07, 6.45) is 0.958. The molecule has 1 aromatic rings. The lowest BCUT2D eigenvalue weighted by Gasteiger charge is -2.31. The largest absolute Gasteiger partial charge is 0.481 e. The fourth-order valence-corrected chi connectivity index (χ4v) is 2.43. The van der Waals surface area contributed by atoms with Crippen LogP contribution in [0.5, 0.6) is 11.5 Å². The molecular formula is C15H19NO5. The molecule has 2 N–H and O–H groups in total. The van der Waals surface area contributed by atoms with Crippen LogP contribution in [0.25, 0.3) is 0 Å². The molecule has 0 fully saturated rings. The van der Waals surface area contributed by atoms with Gasteiger partial charge in [0.1, 0.15) is 0 Å². The molecule has 0 atom stereocenters. The van der Waals surface area contributed by atoms with E-state index in [1.165, 1.54) is 0 Å². The van der Waals surface area contributed by atoms with Crippen LogP contribution in [-0.4, -0.2) is 29.3 Å². The summed E-state index contributed by atoms with van der Waals surface area (Å²) in [6.45, 7) is 3.81. The summed E-state index contributed by atoms with van der Waals surface area (Å²) in [4.78, 5) is 23.5. The highest BCUT2D eigenvalue weighted by Gasteiger charge is 2.33. The minimum atomic E-state index is -0.933. The standard InChI is InChI=1S/C15H19NO5/c1-3-15(4-2,8-12(17)18)16-14(19)10-6-5-7-11-13(10)21-9-20-11/h5-7H,3-4,8-9H2,1-2H3,(H,16,19)(H,17,18). The number of carbonyl (C=O) groups excluding carboxylic acids is 1. The SMILES string of the molecule is CCC(CC)(CC(=O)O)NC(=O)c1cccc2c1OCO2. The highest BCUT2D eigenvalue weighted by molar-refractivity contribution is 5.98. The molecule has 114 valence electrons. The number of amides is 1. The Hall–Kier alpha value is -2.24. The summed E-state index contributed by atoms with van der Waals surface area (Å²) >= 11 is 0. The van der Waals surface area contributed by atoms with Crippen LogP contribution in [0.3, 0.4) is 0 Å². The van der Waals surface area contributed by atoms with Crippen LogP contribution in [0, 0.1) is 0 Å². The summed E-state index contributed by atoms with van der Waals surface area (Å²) in [5.74, 6) is -0.343. The number of nitrogens with one attached hydrogen (secondary N) is 1. The van der Waals surface area contributed by atoms with E-state index in [-0.39, 0.29) is 19.1 Å². The van der Waals surface area contributed by atoms with Crippen molar-refractivity contribution >= 4 is 11.9 Å². The molecule has 2 rings (SSSR count). The molecule has 21 heavy (non-hydrogen) atoms. The lowest BCUT2D eigenvalue weighted by atomic mass is 9.88. The van der Waals surface area contributed by atoms with Crippen molar-refractivity contribution in [2.24, 2.45) is 0 Å². The monoisotopic (exact) mass is 293 g/mol. The van der Waals surface area contributed by atoms with Gasteiger partial charge in [0.25, 0.3) is 5.91 Å². The van der Waals surface area contributed by atoms with Gasteiger partial charge < -0.3 is 19.9 Å². The van der Waals surface area contributed by atoms with Gasteiger partial charge in [-0.25, -0.2) is 0 Å². The molecule has 0 saturated carbocycles. The number of rotatable bonds is 6. The molecule has 1 heterocycles. The molecular weight excluding hydrogens is 274 g/mol. The number of hydrogen-bond donors (Lipinski definition) is 2. The Morgan fingerprint density at radius 3 is 2.62 bits per heavy atom. The van der Waals surface area contributed by atoms with E-state index < -0.39 is 11.5 Å². The number of benzene rings is 1. The fourth-order valence-electron chi connectivity index (χ4n) is 2.43. The van der Waals surface area contributed by atoms with Gasteiger partial charge in [-0.3, -0.25) is 9.59 Å². The second-order valence-corrected chi connectivity index (χ2v) is 5.05. The molecule has 6 heteroatoms. The van der Waals surface area contributed by atoms with Gasteiger partial charge in [-0.2, -0.15) is 0 Å². The zero-order chi connectivity index (χ0) is 15.5. The van der Waals surface area contributed by atoms with Crippen molar-refractivity contribution in [3.63, 3.8) is 0 Å². The van der Waals surface area contributed by atoms with Crippen molar-refractivity contribution in [3.05, 3.63) is 23.8 Å². The molecule has 1 amide bonds. The quantitative estimate of drug-likeness (QED) is 0.839. The first-order valence-electron chi connectivity index (χ1n) is 6.94. The maximum atomic E-state index is 12.5. The van der Waals surface area contributed by atoms with Crippen LogP contribution >= 0.6 is 0 Å². The molecule has 0 spiro atoms. The average Bonchev–Trinajstić information content (AvgIpc) is 2.94. The van der Waals surface area contributed by atoms with Crippen LogP contribution in [0.1, 0.15) is 43.5 Å². The van der Waals surface area contributed by atoms with E-state index in [9.17, 15) is 9.59 Å². The van der Waals surface area contributed by atoms with E-state index in [0.717, 1.165) is 0 Å². The Labute approximate surface area is 123 Å². The highest BCUT2D eigenvalue weighted by atomic mass is 16.7. The van der Waals surface area contributed by atoms with Crippen molar-refractivity contribution in [3.8, 4) is 11.5 Å². The Kier molecular flexibility index (Phi) is 4.35. The van der Waals surface area contributed by atoms with Gasteiger partial charge in [0, 0.05) is 0 Å². The first kappa shape index (κ1) is 15.2. The molecule has 1 aromatic carbocycles. The molecule has 0 unspecified atom stereocenters. The number of fused-ring (bicyclic) bond motifs is 1. The smallest absolute Gasteiger partial charge is 0.305 e. The van der Waals surface area contributed by atoms with E-state index in [1.54, 1.807) is 18.2 Å². The zero-order valence-corrected chi connectivity index (χ0v) is 12.1. The number of ether oxygens (including phenoxy) is 2. The van der Waals surface area contributed by atoms with Gasteiger partial charge in [-0.15, -0.1) is 0 Å². The third kappa shape index (κ3) is 3.09. The summed E-state index contributed by atoms with van der Waals surface area (Å²) in [7, 11) is 0. The summed E-state index contributed by atoms with van der Waals surface area (Å²) in [6, 6.07) is 5.07. The third-order valence-corrected chi connectivity index (χ3v) is 3.86. The average molecular weight is 293 g/mol. The van der Waals surface area contributed by atoms with Gasteiger partial charge in [0.2, 0.25) is 6.79 Å². The summed E-state index contributed by atoms with van der Waals surface area (Å²) in [5.41, 5.74) is -0.396. The molecule has 0 saturated heterocycles. The Morgan fingerprint density at radius 1 is 1.29 bits per heavy atom. The molecule has 0 bridgehead atoms. The van der Waals surface area contributed by atoms with Gasteiger partial charge in [-0.05, 0) is 25.0 Å². The van der Waals surface area contributed by atoms with Gasteiger partial charge in [0.15, 0.2) is 11.5 Å². The van der Waals surface area contributed by atoms with E-state index in [4.69, 9.17) is 14.6 Å². The predicted octanol–water partition coefficient (Wildman–Crippen LogP) is 2.18. The van der Waals surface area contributed by atoms with E-state index >= 15 is 0 Å². The first-order chi connectivity index (χ1) is 10.0. The van der Waals surface area contributed by atoms with Gasteiger partial charge in [-0.1, -0.05) is 19.9 Å². The van der Waals surface area contributed by atoms with Gasteiger partial charge in [0.05, 0.1) is 17.5 Å². The fraction of sp³-hybridized carbons (Fsp3) is 0.467. The van der Waals surface area contributed by atoms with E-state index in [1.807, 2.05) is 13.8 Å². The summed E-state index contributed by atoms with van der Waals surface area (Å²) < 4.78 is 10.6. The van der Waals surface area contributed by atoms with E-state index in [2.05, 4.69) is 5.32 Å². The predicted molar refractivity (Wildman–Crippen MR) is 75.6 cm³/mol. The lowest BCUT2D eigenvalue weighted by molar-refractivity contribution is -0.138. The molecule has 1 aliphatic rings.